The molecule has 0 N–H and O–H groups in total. The summed E-state index contributed by atoms with van der Waals surface area (Å²) in [5, 5.41) is 0. The van der Waals surface area contributed by atoms with Crippen LogP contribution in [0, 0.1) is 0 Å². The van der Waals surface area contributed by atoms with Crippen molar-refractivity contribution in [2.24, 2.45) is 0 Å². The first kappa shape index (κ1) is 15.3. The van der Waals surface area contributed by atoms with Crippen molar-refractivity contribution in [1.82, 2.24) is 0 Å². The van der Waals surface area contributed by atoms with Crippen molar-refractivity contribution in [3.05, 3.63) is 71.3 Å². The lowest BCUT2D eigenvalue weighted by molar-refractivity contribution is 0.654. The quantitative estimate of drug-likeness (QED) is 0.553. The smallest absolute Gasteiger partial charge is 0.0463 e. The van der Waals surface area contributed by atoms with Gasteiger partial charge in [0, 0.05) is 10.7 Å². The molecule has 1 heteroatoms. The van der Waals surface area contributed by atoms with E-state index in [2.05, 4.69) is 91.3 Å². The molecule has 0 amide bonds. The summed E-state index contributed by atoms with van der Waals surface area (Å²) in [6.07, 6.45) is 1.13. The van der Waals surface area contributed by atoms with E-state index in [1.807, 2.05) is 0 Å². The van der Waals surface area contributed by atoms with Crippen LogP contribution < -0.4 is 0 Å². The summed E-state index contributed by atoms with van der Waals surface area (Å²) < 4.78 is 0. The van der Waals surface area contributed by atoms with Crippen LogP contribution in [0.1, 0.15) is 60.5 Å². The van der Waals surface area contributed by atoms with Gasteiger partial charge in [0.2, 0.25) is 0 Å². The van der Waals surface area contributed by atoms with E-state index in [9.17, 15) is 0 Å². The van der Waals surface area contributed by atoms with E-state index in [0.29, 0.717) is 16.7 Å². The van der Waals surface area contributed by atoms with Gasteiger partial charge in [-0.3, -0.25) is 0 Å². The number of alkyl halides is 1. The van der Waals surface area contributed by atoms with Gasteiger partial charge in [-0.2, -0.15) is 0 Å². The third-order valence-electron chi connectivity index (χ3n) is 3.94. The van der Waals surface area contributed by atoms with Gasteiger partial charge in [-0.25, -0.2) is 0 Å². The molecule has 0 aliphatic heterocycles. The van der Waals surface area contributed by atoms with Crippen molar-refractivity contribution < 1.29 is 0 Å². The Morgan fingerprint density at radius 1 is 0.800 bits per heavy atom. The summed E-state index contributed by atoms with van der Waals surface area (Å²) in [5.74, 6) is 1.11. The minimum absolute atomic E-state index is 0.371. The molecule has 0 aliphatic carbocycles. The van der Waals surface area contributed by atoms with E-state index in [1.54, 1.807) is 0 Å². The van der Waals surface area contributed by atoms with Gasteiger partial charge in [0.05, 0.1) is 0 Å². The fraction of sp³-hybridized carbons (Fsp3) is 0.368. The third kappa shape index (κ3) is 3.52. The van der Waals surface area contributed by atoms with E-state index < -0.39 is 0 Å². The zero-order valence-corrected chi connectivity index (χ0v) is 14.1. The van der Waals surface area contributed by atoms with E-state index >= 15 is 0 Å². The van der Waals surface area contributed by atoms with Crippen molar-refractivity contribution in [1.29, 1.82) is 0 Å². The van der Waals surface area contributed by atoms with Gasteiger partial charge in [0.15, 0.2) is 0 Å². The minimum atomic E-state index is 0.371. The van der Waals surface area contributed by atoms with Crippen molar-refractivity contribution in [3.8, 4) is 0 Å². The van der Waals surface area contributed by atoms with Crippen LogP contribution in [-0.4, -0.2) is 0 Å². The standard InChI is InChI=1S/C19H23Br/c1-4-18(16-8-6-5-7-9-16)19(20)17-12-10-15(11-13-17)14(2)3/h5-14,18-19H,4H2,1-3H3. The van der Waals surface area contributed by atoms with Crippen molar-refractivity contribution in [3.63, 3.8) is 0 Å². The average molecular weight is 331 g/mol. The van der Waals surface area contributed by atoms with Crippen molar-refractivity contribution >= 4 is 15.9 Å². The summed E-state index contributed by atoms with van der Waals surface area (Å²) in [6.45, 7) is 6.73. The van der Waals surface area contributed by atoms with Gasteiger partial charge >= 0.3 is 0 Å². The SMILES string of the molecule is CCC(c1ccccc1)C(Br)c1ccc(C(C)C)cc1. The second-order valence-corrected chi connectivity index (χ2v) is 6.64. The predicted octanol–water partition coefficient (Wildman–Crippen LogP) is 6.44. The minimum Gasteiger partial charge on any atom is -0.0832 e. The van der Waals surface area contributed by atoms with Crippen LogP contribution >= 0.6 is 15.9 Å². The second kappa shape index (κ2) is 7.08. The van der Waals surface area contributed by atoms with E-state index in [4.69, 9.17) is 0 Å². The highest BCUT2D eigenvalue weighted by molar-refractivity contribution is 9.09. The van der Waals surface area contributed by atoms with Crippen LogP contribution in [0.15, 0.2) is 54.6 Å². The van der Waals surface area contributed by atoms with Crippen LogP contribution in [0.4, 0.5) is 0 Å². The molecule has 2 aromatic rings. The molecular formula is C19H23Br. The lowest BCUT2D eigenvalue weighted by Crippen LogP contribution is -2.05. The highest BCUT2D eigenvalue weighted by Gasteiger charge is 2.20. The zero-order valence-electron chi connectivity index (χ0n) is 12.5. The predicted molar refractivity (Wildman–Crippen MR) is 91.7 cm³/mol. The molecule has 2 rings (SSSR count). The Bertz CT molecular complexity index is 513. The Labute approximate surface area is 131 Å². The molecule has 2 unspecified atom stereocenters. The number of hydrogen-bond acceptors (Lipinski definition) is 0. The van der Waals surface area contributed by atoms with Crippen LogP contribution in [0.2, 0.25) is 0 Å². The second-order valence-electron chi connectivity index (χ2n) is 5.65. The Hall–Kier alpha value is -1.08. The van der Waals surface area contributed by atoms with Gasteiger partial charge in [0.25, 0.3) is 0 Å². The summed E-state index contributed by atoms with van der Waals surface area (Å²) in [7, 11) is 0. The molecule has 0 aliphatic rings. The van der Waals surface area contributed by atoms with Crippen LogP contribution in [0.3, 0.4) is 0 Å². The summed E-state index contributed by atoms with van der Waals surface area (Å²) >= 11 is 3.91. The zero-order chi connectivity index (χ0) is 14.5. The molecule has 0 aromatic heterocycles. The maximum atomic E-state index is 3.91. The highest BCUT2D eigenvalue weighted by Crippen LogP contribution is 2.40. The molecule has 0 saturated carbocycles. The van der Waals surface area contributed by atoms with Gasteiger partial charge < -0.3 is 0 Å². The van der Waals surface area contributed by atoms with Crippen molar-refractivity contribution in [2.45, 2.75) is 43.9 Å². The summed E-state index contributed by atoms with van der Waals surface area (Å²) in [4.78, 5) is 0.371. The Morgan fingerprint density at radius 3 is 1.85 bits per heavy atom. The first-order chi connectivity index (χ1) is 9.63. The van der Waals surface area contributed by atoms with E-state index in [0.717, 1.165) is 6.42 Å². The summed E-state index contributed by atoms with van der Waals surface area (Å²) in [6, 6.07) is 19.8. The summed E-state index contributed by atoms with van der Waals surface area (Å²) in [5.41, 5.74) is 4.18. The maximum Gasteiger partial charge on any atom is 0.0463 e. The number of benzene rings is 2. The number of rotatable bonds is 5. The first-order valence-electron chi connectivity index (χ1n) is 7.42. The van der Waals surface area contributed by atoms with Gasteiger partial charge in [0.1, 0.15) is 0 Å². The third-order valence-corrected chi connectivity index (χ3v) is 5.11. The lowest BCUT2D eigenvalue weighted by atomic mass is 9.89. The molecule has 2 aromatic carbocycles. The maximum absolute atomic E-state index is 3.91. The van der Waals surface area contributed by atoms with Gasteiger partial charge in [-0.1, -0.05) is 91.3 Å². The van der Waals surface area contributed by atoms with Gasteiger partial charge in [-0.05, 0) is 29.0 Å². The van der Waals surface area contributed by atoms with Crippen LogP contribution in [-0.2, 0) is 0 Å². The fourth-order valence-corrected chi connectivity index (χ4v) is 3.59. The van der Waals surface area contributed by atoms with Crippen LogP contribution in [0.25, 0.3) is 0 Å². The Morgan fingerprint density at radius 2 is 1.35 bits per heavy atom. The highest BCUT2D eigenvalue weighted by atomic mass is 79.9. The molecular weight excluding hydrogens is 308 g/mol. The Balaban J connectivity index is 2.22. The molecule has 0 heterocycles. The largest absolute Gasteiger partial charge is 0.0832 e. The van der Waals surface area contributed by atoms with Crippen molar-refractivity contribution in [2.75, 3.05) is 0 Å². The average Bonchev–Trinajstić information content (AvgIpc) is 2.49. The molecule has 106 valence electrons. The molecule has 0 nitrogen and oxygen atoms in total. The van der Waals surface area contributed by atoms with E-state index in [-0.39, 0.29) is 0 Å². The molecule has 2 atom stereocenters. The fourth-order valence-electron chi connectivity index (χ4n) is 2.61. The molecule has 0 radical (unpaired) electrons. The van der Waals surface area contributed by atoms with Crippen LogP contribution in [0.5, 0.6) is 0 Å². The lowest BCUT2D eigenvalue weighted by Gasteiger charge is -2.22. The molecule has 0 fully saturated rings. The molecule has 20 heavy (non-hydrogen) atoms. The molecule has 0 saturated heterocycles. The van der Waals surface area contributed by atoms with E-state index in [1.165, 1.54) is 16.7 Å². The molecule has 0 bridgehead atoms. The first-order valence-corrected chi connectivity index (χ1v) is 8.34. The monoisotopic (exact) mass is 330 g/mol. The molecule has 0 spiro atoms. The number of halogens is 1. The topological polar surface area (TPSA) is 0 Å². The number of hydrogen-bond donors (Lipinski definition) is 0. The Kier molecular flexibility index (Phi) is 5.42. The normalized spacial score (nSPS) is 14.2. The van der Waals surface area contributed by atoms with Gasteiger partial charge in [-0.15, -0.1) is 0 Å².